The molecule has 1 N–H and O–H groups in total. The van der Waals surface area contributed by atoms with Gasteiger partial charge in [-0.05, 0) is 83.5 Å². The van der Waals surface area contributed by atoms with Gasteiger partial charge in [0.05, 0.1) is 33.9 Å². The Kier molecular flexibility index (Phi) is 34.5. The van der Waals surface area contributed by atoms with E-state index >= 15 is 0 Å². The average molecular weight is 796 g/mol. The third-order valence-corrected chi connectivity index (χ3v) is 9.64. The smallest absolute Gasteiger partial charge is 0.306 e. The molecule has 0 aromatic heterocycles. The fourth-order valence-electron chi connectivity index (χ4n) is 5.15. The minimum Gasteiger partial charge on any atom is -0.756 e. The molecule has 318 valence electrons. The van der Waals surface area contributed by atoms with E-state index in [0.717, 1.165) is 77.0 Å². The van der Waals surface area contributed by atoms with Crippen LogP contribution in [0, 0.1) is 0 Å². The number of ether oxygens (including phenoxy) is 2. The molecule has 0 rings (SSSR count). The predicted molar refractivity (Wildman–Crippen MR) is 223 cm³/mol. The lowest BCUT2D eigenvalue weighted by Crippen LogP contribution is -2.37. The van der Waals surface area contributed by atoms with Gasteiger partial charge < -0.3 is 33.0 Å². The number of unbranched alkanes of at least 4 members (excludes halogenated alkanes) is 10. The van der Waals surface area contributed by atoms with Crippen LogP contribution in [0.15, 0.2) is 60.8 Å². The molecule has 10 nitrogen and oxygen atoms in total. The van der Waals surface area contributed by atoms with Gasteiger partial charge in [-0.25, -0.2) is 0 Å². The van der Waals surface area contributed by atoms with E-state index in [-0.39, 0.29) is 32.2 Å². The number of phosphoric acid groups is 1. The number of phosphoric ester groups is 1. The topological polar surface area (TPSA) is 131 Å². The van der Waals surface area contributed by atoms with Crippen LogP contribution in [-0.2, 0) is 32.7 Å². The van der Waals surface area contributed by atoms with Crippen LogP contribution in [0.4, 0.5) is 0 Å². The predicted octanol–water partition coefficient (Wildman–Crippen LogP) is 10.0. The van der Waals surface area contributed by atoms with Crippen LogP contribution < -0.4 is 4.89 Å². The van der Waals surface area contributed by atoms with Crippen molar-refractivity contribution in [2.45, 2.75) is 161 Å². The van der Waals surface area contributed by atoms with E-state index < -0.39 is 32.5 Å². The maximum Gasteiger partial charge on any atom is 0.306 e. The van der Waals surface area contributed by atoms with Gasteiger partial charge in [0.2, 0.25) is 0 Å². The number of hydrogen-bond acceptors (Lipinski definition) is 9. The van der Waals surface area contributed by atoms with Crippen molar-refractivity contribution in [3.8, 4) is 0 Å². The van der Waals surface area contributed by atoms with Crippen molar-refractivity contribution < 1.29 is 47.2 Å². The highest BCUT2D eigenvalue weighted by atomic mass is 31.2. The second-order valence-corrected chi connectivity index (χ2v) is 16.5. The zero-order chi connectivity index (χ0) is 40.9. The summed E-state index contributed by atoms with van der Waals surface area (Å²) in [5.74, 6) is -0.935. The van der Waals surface area contributed by atoms with Crippen LogP contribution in [0.1, 0.15) is 149 Å². The molecule has 0 amide bonds. The van der Waals surface area contributed by atoms with E-state index in [1.807, 2.05) is 34.1 Å². The van der Waals surface area contributed by atoms with Gasteiger partial charge in [0.15, 0.2) is 6.10 Å². The van der Waals surface area contributed by atoms with Crippen LogP contribution in [0.2, 0.25) is 0 Å². The van der Waals surface area contributed by atoms with E-state index in [0.29, 0.717) is 30.3 Å². The van der Waals surface area contributed by atoms with Gasteiger partial charge in [-0.2, -0.15) is 0 Å². The van der Waals surface area contributed by atoms with Gasteiger partial charge in [0.1, 0.15) is 19.8 Å². The third-order valence-electron chi connectivity index (χ3n) is 8.67. The van der Waals surface area contributed by atoms with Gasteiger partial charge in [0, 0.05) is 12.8 Å². The molecule has 1 unspecified atom stereocenters. The number of hydrogen-bond donors (Lipinski definition) is 1. The maximum absolute atomic E-state index is 12.6. The molecule has 0 fully saturated rings. The van der Waals surface area contributed by atoms with Gasteiger partial charge in [0.25, 0.3) is 7.82 Å². The summed E-state index contributed by atoms with van der Waals surface area (Å²) in [5, 5.41) is 9.56. The number of nitrogens with zero attached hydrogens (tertiary/aromatic N) is 1. The molecular weight excluding hydrogens is 717 g/mol. The summed E-state index contributed by atoms with van der Waals surface area (Å²) in [7, 11) is 1.10. The summed E-state index contributed by atoms with van der Waals surface area (Å²) >= 11 is 0. The molecule has 0 saturated heterocycles. The molecule has 0 aliphatic rings. The first-order valence-corrected chi connectivity index (χ1v) is 22.5. The Balaban J connectivity index is 4.51. The van der Waals surface area contributed by atoms with Crippen LogP contribution in [0.5, 0.6) is 0 Å². The summed E-state index contributed by atoms with van der Waals surface area (Å²) in [4.78, 5) is 37.4. The van der Waals surface area contributed by atoms with Gasteiger partial charge in [-0.15, -0.1) is 0 Å². The molecule has 0 bridgehead atoms. The van der Waals surface area contributed by atoms with Crippen molar-refractivity contribution >= 4 is 19.8 Å². The molecule has 0 saturated carbocycles. The van der Waals surface area contributed by atoms with E-state index in [1.54, 1.807) is 0 Å². The fraction of sp³-hybridized carbons (Fsp3) is 0.727. The summed E-state index contributed by atoms with van der Waals surface area (Å²) in [6.45, 7) is 3.82. The average Bonchev–Trinajstić information content (AvgIpc) is 3.13. The number of quaternary nitrogens is 1. The molecule has 55 heavy (non-hydrogen) atoms. The van der Waals surface area contributed by atoms with E-state index in [1.165, 1.54) is 25.7 Å². The van der Waals surface area contributed by atoms with Crippen LogP contribution >= 0.6 is 7.82 Å². The number of carbonyl (C=O) groups is 2. The first-order chi connectivity index (χ1) is 26.4. The van der Waals surface area contributed by atoms with Crippen molar-refractivity contribution in [1.82, 2.24) is 0 Å². The molecule has 0 aromatic rings. The molecule has 0 aliphatic heterocycles. The summed E-state index contributed by atoms with van der Waals surface area (Å²) in [6, 6.07) is 0. The zero-order valence-electron chi connectivity index (χ0n) is 35.2. The lowest BCUT2D eigenvalue weighted by molar-refractivity contribution is -0.870. The molecule has 0 aromatic carbocycles. The Morgan fingerprint density at radius 2 is 1.16 bits per heavy atom. The number of carbonyl (C=O) groups excluding carboxylic acids is 2. The Hall–Kier alpha value is -2.33. The van der Waals surface area contributed by atoms with Crippen molar-refractivity contribution in [3.63, 3.8) is 0 Å². The molecule has 0 spiro atoms. The Morgan fingerprint density at radius 3 is 1.76 bits per heavy atom. The quantitative estimate of drug-likeness (QED) is 0.0215. The van der Waals surface area contributed by atoms with Crippen LogP contribution in [0.25, 0.3) is 0 Å². The lowest BCUT2D eigenvalue weighted by atomic mass is 10.1. The SMILES string of the molecule is CCCCCC/C=C\CCCCCCCC(=O)O[C@H](COC(=O)CCC/C=C\C/C=C\C/C=C\C/C=C\CC[C@@H](O)CC)COP(=O)([O-])OCC[N+](C)(C)C. The summed E-state index contributed by atoms with van der Waals surface area (Å²) in [6.07, 6.45) is 39.1. The fourth-order valence-corrected chi connectivity index (χ4v) is 5.88. The molecule has 3 atom stereocenters. The summed E-state index contributed by atoms with van der Waals surface area (Å²) in [5.41, 5.74) is 0. The van der Waals surface area contributed by atoms with Gasteiger partial charge in [-0.3, -0.25) is 14.2 Å². The first kappa shape index (κ1) is 52.7. The van der Waals surface area contributed by atoms with Gasteiger partial charge in [-0.1, -0.05) is 113 Å². The highest BCUT2D eigenvalue weighted by Gasteiger charge is 2.21. The van der Waals surface area contributed by atoms with Crippen LogP contribution in [-0.4, -0.2) is 81.2 Å². The number of esters is 2. The standard InChI is InChI=1S/C44H78NO9P/c1-6-8-9-10-11-12-13-16-21-24-27-30-33-36-44(48)54-42(40-53-55(49,50)52-38-37-45(3,4)5)39-51-43(47)35-32-29-26-23-20-18-15-14-17-19-22-25-28-31-34-41(46)7-2/h12-13,15,17-19,23,25-26,28,41-42,46H,6-11,14,16,20-22,24,27,29-40H2,1-5H3/b13-12-,18-15-,19-17-,26-23-,28-25-/t41-,42+/m0/s1. The van der Waals surface area contributed by atoms with E-state index in [9.17, 15) is 24.2 Å². The normalized spacial score (nSPS) is 14.8. The molecular formula is C44H78NO9P. The van der Waals surface area contributed by atoms with E-state index in [2.05, 4.69) is 61.6 Å². The molecule has 0 radical (unpaired) electrons. The van der Waals surface area contributed by atoms with E-state index in [4.69, 9.17) is 18.5 Å². The summed E-state index contributed by atoms with van der Waals surface area (Å²) < 4.78 is 33.7. The number of aliphatic hydroxyl groups excluding tert-OH is 1. The molecule has 11 heteroatoms. The zero-order valence-corrected chi connectivity index (χ0v) is 36.1. The Labute approximate surface area is 335 Å². The third kappa shape index (κ3) is 39.7. The number of likely N-dealkylation sites (N-methyl/N-ethyl adjacent to an activating group) is 1. The number of aliphatic hydroxyl groups is 1. The number of allylic oxidation sites excluding steroid dienone is 10. The van der Waals surface area contributed by atoms with Gasteiger partial charge >= 0.3 is 11.9 Å². The Morgan fingerprint density at radius 1 is 0.655 bits per heavy atom. The van der Waals surface area contributed by atoms with Crippen molar-refractivity contribution in [2.24, 2.45) is 0 Å². The monoisotopic (exact) mass is 796 g/mol. The van der Waals surface area contributed by atoms with Crippen LogP contribution in [0.3, 0.4) is 0 Å². The van der Waals surface area contributed by atoms with Crippen molar-refractivity contribution in [1.29, 1.82) is 0 Å². The highest BCUT2D eigenvalue weighted by Crippen LogP contribution is 2.38. The second kappa shape index (κ2) is 36.0. The number of rotatable bonds is 37. The largest absolute Gasteiger partial charge is 0.756 e. The van der Waals surface area contributed by atoms with Crippen molar-refractivity contribution in [2.75, 3.05) is 47.5 Å². The molecule has 0 aliphatic carbocycles. The minimum absolute atomic E-state index is 0.0491. The molecule has 0 heterocycles. The Bertz CT molecular complexity index is 1140. The first-order valence-electron chi connectivity index (χ1n) is 21.1. The lowest BCUT2D eigenvalue weighted by Gasteiger charge is -2.28. The van der Waals surface area contributed by atoms with Crippen molar-refractivity contribution in [3.05, 3.63) is 60.8 Å². The second-order valence-electron chi connectivity index (χ2n) is 15.1. The maximum atomic E-state index is 12.6. The highest BCUT2D eigenvalue weighted by molar-refractivity contribution is 7.45. The minimum atomic E-state index is -4.65.